The van der Waals surface area contributed by atoms with Crippen LogP contribution in [0.15, 0.2) is 42.5 Å². The van der Waals surface area contributed by atoms with Crippen LogP contribution in [-0.4, -0.2) is 20.6 Å². The van der Waals surface area contributed by atoms with Crippen molar-refractivity contribution < 1.29 is 9.90 Å². The molecule has 144 valence electrons. The first-order chi connectivity index (χ1) is 13.7. The van der Waals surface area contributed by atoms with Gasteiger partial charge in [0.15, 0.2) is 0 Å². The number of nitrogens with one attached hydrogen (secondary N) is 1. The second-order valence-electron chi connectivity index (χ2n) is 8.05. The molecule has 0 radical (unpaired) electrons. The molecule has 0 saturated heterocycles. The highest BCUT2D eigenvalue weighted by molar-refractivity contribution is 5.92. The van der Waals surface area contributed by atoms with Gasteiger partial charge in [0.1, 0.15) is 5.82 Å². The molecule has 5 heteroatoms. The summed E-state index contributed by atoms with van der Waals surface area (Å²) >= 11 is 0. The molecule has 3 aromatic rings. The molecule has 2 aliphatic rings. The Morgan fingerprint density at radius 3 is 2.64 bits per heavy atom. The summed E-state index contributed by atoms with van der Waals surface area (Å²) in [7, 11) is 0. The number of benzene rings is 2. The molecule has 2 aromatic carbocycles. The number of carboxylic acids is 1. The van der Waals surface area contributed by atoms with Crippen LogP contribution in [-0.2, 0) is 13.0 Å². The average molecular weight is 375 g/mol. The van der Waals surface area contributed by atoms with E-state index >= 15 is 0 Å². The highest BCUT2D eigenvalue weighted by Gasteiger charge is 2.28. The van der Waals surface area contributed by atoms with Crippen LogP contribution in [0.2, 0.25) is 0 Å². The third-order valence-electron chi connectivity index (χ3n) is 6.30. The molecule has 0 amide bonds. The maximum absolute atomic E-state index is 11.4. The zero-order valence-corrected chi connectivity index (χ0v) is 15.9. The summed E-state index contributed by atoms with van der Waals surface area (Å²) in [5, 5.41) is 13.0. The third kappa shape index (κ3) is 3.00. The molecule has 1 saturated carbocycles. The average Bonchev–Trinajstić information content (AvgIpc) is 3.12. The van der Waals surface area contributed by atoms with Gasteiger partial charge in [0, 0.05) is 12.6 Å². The SMILES string of the molecule is O=C(O)c1ccc2c(c1)nc(C1Cc3ccccc3CN1)n2C1CCCCC1. The smallest absolute Gasteiger partial charge is 0.335 e. The van der Waals surface area contributed by atoms with Crippen molar-refractivity contribution >= 4 is 17.0 Å². The fourth-order valence-corrected chi connectivity index (χ4v) is 4.86. The topological polar surface area (TPSA) is 67.2 Å². The molecule has 2 N–H and O–H groups in total. The van der Waals surface area contributed by atoms with Crippen molar-refractivity contribution in [3.05, 3.63) is 65.0 Å². The first-order valence-electron chi connectivity index (χ1n) is 10.3. The van der Waals surface area contributed by atoms with Crippen molar-refractivity contribution in [1.82, 2.24) is 14.9 Å². The van der Waals surface area contributed by atoms with Gasteiger partial charge in [-0.25, -0.2) is 9.78 Å². The Balaban J connectivity index is 1.61. The standard InChI is InChI=1S/C23H25N3O2/c27-23(28)16-10-11-21-19(13-16)25-22(26(21)18-8-2-1-3-9-18)20-12-15-6-4-5-7-17(15)14-24-20/h4-7,10-11,13,18,20,24H,1-3,8-9,12,14H2,(H,27,28). The Morgan fingerprint density at radius 1 is 1.07 bits per heavy atom. The molecular weight excluding hydrogens is 350 g/mol. The summed E-state index contributed by atoms with van der Waals surface area (Å²) in [6.07, 6.45) is 7.05. The number of aromatic nitrogens is 2. The van der Waals surface area contributed by atoms with Crippen LogP contribution >= 0.6 is 0 Å². The second-order valence-corrected chi connectivity index (χ2v) is 8.05. The van der Waals surface area contributed by atoms with Crippen LogP contribution in [0.3, 0.4) is 0 Å². The van der Waals surface area contributed by atoms with Crippen molar-refractivity contribution in [2.24, 2.45) is 0 Å². The lowest BCUT2D eigenvalue weighted by Crippen LogP contribution is -2.31. The number of carbonyl (C=O) groups is 1. The molecule has 1 aliphatic carbocycles. The highest BCUT2D eigenvalue weighted by atomic mass is 16.4. The largest absolute Gasteiger partial charge is 0.478 e. The summed E-state index contributed by atoms with van der Waals surface area (Å²) in [4.78, 5) is 16.4. The van der Waals surface area contributed by atoms with E-state index in [4.69, 9.17) is 4.98 Å². The Hall–Kier alpha value is -2.66. The van der Waals surface area contributed by atoms with Gasteiger partial charge in [-0.2, -0.15) is 0 Å². The number of nitrogens with zero attached hydrogens (tertiary/aromatic N) is 2. The van der Waals surface area contributed by atoms with E-state index < -0.39 is 5.97 Å². The first-order valence-corrected chi connectivity index (χ1v) is 10.3. The van der Waals surface area contributed by atoms with Gasteiger partial charge in [0.25, 0.3) is 0 Å². The zero-order valence-electron chi connectivity index (χ0n) is 15.9. The van der Waals surface area contributed by atoms with E-state index in [0.29, 0.717) is 11.6 Å². The van der Waals surface area contributed by atoms with Gasteiger partial charge in [0.2, 0.25) is 0 Å². The highest BCUT2D eigenvalue weighted by Crippen LogP contribution is 2.36. The summed E-state index contributed by atoms with van der Waals surface area (Å²) in [6, 6.07) is 14.6. The minimum atomic E-state index is -0.902. The maximum atomic E-state index is 11.4. The Morgan fingerprint density at radius 2 is 1.86 bits per heavy atom. The zero-order chi connectivity index (χ0) is 19.1. The van der Waals surface area contributed by atoms with Crippen molar-refractivity contribution in [3.63, 3.8) is 0 Å². The van der Waals surface area contributed by atoms with Gasteiger partial charge < -0.3 is 15.0 Å². The third-order valence-corrected chi connectivity index (χ3v) is 6.30. The summed E-state index contributed by atoms with van der Waals surface area (Å²) in [6.45, 7) is 0.842. The van der Waals surface area contributed by atoms with E-state index in [-0.39, 0.29) is 6.04 Å². The predicted octanol–water partition coefficient (Wildman–Crippen LogP) is 4.63. The number of rotatable bonds is 3. The molecule has 1 aliphatic heterocycles. The van der Waals surface area contributed by atoms with E-state index in [1.807, 2.05) is 6.07 Å². The number of hydrogen-bond donors (Lipinski definition) is 2. The number of fused-ring (bicyclic) bond motifs is 2. The molecule has 1 atom stereocenters. The Bertz CT molecular complexity index is 1030. The fraction of sp³-hybridized carbons (Fsp3) is 0.391. The summed E-state index contributed by atoms with van der Waals surface area (Å²) < 4.78 is 2.41. The monoisotopic (exact) mass is 375 g/mol. The molecule has 2 heterocycles. The molecule has 5 nitrogen and oxygen atoms in total. The van der Waals surface area contributed by atoms with Crippen molar-refractivity contribution in [2.45, 2.75) is 57.2 Å². The molecule has 1 aromatic heterocycles. The van der Waals surface area contributed by atoms with Gasteiger partial charge >= 0.3 is 5.97 Å². The van der Waals surface area contributed by atoms with E-state index in [1.54, 1.807) is 12.1 Å². The maximum Gasteiger partial charge on any atom is 0.335 e. The number of aromatic carboxylic acids is 1. The van der Waals surface area contributed by atoms with Gasteiger partial charge in [-0.3, -0.25) is 0 Å². The summed E-state index contributed by atoms with van der Waals surface area (Å²) in [5.41, 5.74) is 4.88. The summed E-state index contributed by atoms with van der Waals surface area (Å²) in [5.74, 6) is 0.152. The van der Waals surface area contributed by atoms with Crippen LogP contribution in [0.5, 0.6) is 0 Å². The molecular formula is C23H25N3O2. The van der Waals surface area contributed by atoms with Crippen molar-refractivity contribution in [2.75, 3.05) is 0 Å². The minimum absolute atomic E-state index is 0.150. The minimum Gasteiger partial charge on any atom is -0.478 e. The van der Waals surface area contributed by atoms with Gasteiger partial charge in [0.05, 0.1) is 22.6 Å². The molecule has 28 heavy (non-hydrogen) atoms. The lowest BCUT2D eigenvalue weighted by Gasteiger charge is -2.30. The van der Waals surface area contributed by atoms with Crippen molar-refractivity contribution in [3.8, 4) is 0 Å². The predicted molar refractivity (Wildman–Crippen MR) is 109 cm³/mol. The van der Waals surface area contributed by atoms with Crippen molar-refractivity contribution in [1.29, 1.82) is 0 Å². The van der Waals surface area contributed by atoms with E-state index in [0.717, 1.165) is 29.8 Å². The van der Waals surface area contributed by atoms with Gasteiger partial charge in [-0.1, -0.05) is 43.5 Å². The number of hydrogen-bond acceptors (Lipinski definition) is 3. The molecule has 1 fully saturated rings. The fourth-order valence-electron chi connectivity index (χ4n) is 4.86. The van der Waals surface area contributed by atoms with E-state index in [2.05, 4.69) is 34.1 Å². The van der Waals surface area contributed by atoms with Crippen LogP contribution in [0.1, 0.15) is 71.5 Å². The molecule has 0 bridgehead atoms. The van der Waals surface area contributed by atoms with Crippen LogP contribution < -0.4 is 5.32 Å². The van der Waals surface area contributed by atoms with Crippen LogP contribution in [0, 0.1) is 0 Å². The molecule has 0 spiro atoms. The van der Waals surface area contributed by atoms with Crippen LogP contribution in [0.4, 0.5) is 0 Å². The van der Waals surface area contributed by atoms with Gasteiger partial charge in [-0.15, -0.1) is 0 Å². The number of carboxylic acid groups (broad SMARTS) is 1. The Labute approximate surface area is 164 Å². The van der Waals surface area contributed by atoms with E-state index in [1.165, 1.54) is 43.2 Å². The number of imidazole rings is 1. The first kappa shape index (κ1) is 17.4. The lowest BCUT2D eigenvalue weighted by atomic mass is 9.93. The van der Waals surface area contributed by atoms with Crippen LogP contribution in [0.25, 0.3) is 11.0 Å². The normalized spacial score (nSPS) is 20.2. The quantitative estimate of drug-likeness (QED) is 0.701. The second kappa shape index (κ2) is 7.06. The Kier molecular flexibility index (Phi) is 4.40. The molecule has 1 unspecified atom stereocenters. The molecule has 5 rings (SSSR count). The lowest BCUT2D eigenvalue weighted by molar-refractivity contribution is 0.0697. The van der Waals surface area contributed by atoms with E-state index in [9.17, 15) is 9.90 Å². The van der Waals surface area contributed by atoms with Gasteiger partial charge in [-0.05, 0) is 48.6 Å².